The first-order chi connectivity index (χ1) is 10.1. The third-order valence-electron chi connectivity index (χ3n) is 4.84. The zero-order valence-corrected chi connectivity index (χ0v) is 13.7. The van der Waals surface area contributed by atoms with Gasteiger partial charge in [-0.2, -0.15) is 4.31 Å². The van der Waals surface area contributed by atoms with Crippen LogP contribution in [0.4, 0.5) is 0 Å². The molecule has 1 aromatic carbocycles. The standard InChI is InChI=1S/C16H22ClNO2S/c17-11-13-5-7-14(8-6-13)12-21(19,20)18-10-9-15-3-1-2-4-16(15)18/h5-8,15-16H,1-4,9-12H2. The van der Waals surface area contributed by atoms with E-state index in [-0.39, 0.29) is 11.8 Å². The minimum Gasteiger partial charge on any atom is -0.212 e. The molecule has 0 N–H and O–H groups in total. The van der Waals surface area contributed by atoms with Gasteiger partial charge in [-0.25, -0.2) is 8.42 Å². The number of fused-ring (bicyclic) bond motifs is 1. The van der Waals surface area contributed by atoms with Crippen molar-refractivity contribution in [2.24, 2.45) is 5.92 Å². The van der Waals surface area contributed by atoms with E-state index in [9.17, 15) is 8.42 Å². The lowest BCUT2D eigenvalue weighted by molar-refractivity contribution is 0.260. The van der Waals surface area contributed by atoms with Gasteiger partial charge in [-0.1, -0.05) is 37.1 Å². The largest absolute Gasteiger partial charge is 0.218 e. The normalized spacial score (nSPS) is 26.7. The summed E-state index contributed by atoms with van der Waals surface area (Å²) in [4.78, 5) is 0. The Kier molecular flexibility index (Phi) is 4.57. The predicted molar refractivity (Wildman–Crippen MR) is 85.7 cm³/mol. The fraction of sp³-hybridized carbons (Fsp3) is 0.625. The van der Waals surface area contributed by atoms with Gasteiger partial charge in [-0.15, -0.1) is 11.6 Å². The molecule has 0 bridgehead atoms. The van der Waals surface area contributed by atoms with Crippen molar-refractivity contribution in [3.8, 4) is 0 Å². The molecule has 2 aliphatic rings. The predicted octanol–water partition coefficient (Wildman–Crippen LogP) is 3.52. The second-order valence-corrected chi connectivity index (χ2v) is 8.41. The highest BCUT2D eigenvalue weighted by Crippen LogP contribution is 2.38. The summed E-state index contributed by atoms with van der Waals surface area (Å²) in [5.41, 5.74) is 1.87. The van der Waals surface area contributed by atoms with Gasteiger partial charge in [0.2, 0.25) is 10.0 Å². The quantitative estimate of drug-likeness (QED) is 0.793. The van der Waals surface area contributed by atoms with Crippen LogP contribution < -0.4 is 0 Å². The maximum Gasteiger partial charge on any atom is 0.218 e. The molecule has 0 radical (unpaired) electrons. The van der Waals surface area contributed by atoms with E-state index in [1.54, 1.807) is 4.31 Å². The van der Waals surface area contributed by atoms with Crippen molar-refractivity contribution in [2.45, 2.75) is 49.8 Å². The van der Waals surface area contributed by atoms with Crippen molar-refractivity contribution in [1.82, 2.24) is 4.31 Å². The summed E-state index contributed by atoms with van der Waals surface area (Å²) < 4.78 is 27.2. The Bertz CT molecular complexity index is 585. The topological polar surface area (TPSA) is 37.4 Å². The Morgan fingerprint density at radius 1 is 1.05 bits per heavy atom. The number of nitrogens with zero attached hydrogens (tertiary/aromatic N) is 1. The molecule has 116 valence electrons. The van der Waals surface area contributed by atoms with Crippen LogP contribution in [-0.2, 0) is 21.7 Å². The van der Waals surface area contributed by atoms with Crippen LogP contribution in [0, 0.1) is 5.92 Å². The van der Waals surface area contributed by atoms with Gasteiger partial charge in [-0.05, 0) is 36.3 Å². The third-order valence-corrected chi connectivity index (χ3v) is 7.02. The summed E-state index contributed by atoms with van der Waals surface area (Å²) in [6.07, 6.45) is 5.69. The van der Waals surface area contributed by atoms with Crippen LogP contribution in [0.25, 0.3) is 0 Å². The Morgan fingerprint density at radius 2 is 1.71 bits per heavy atom. The summed E-state index contributed by atoms with van der Waals surface area (Å²) in [5, 5.41) is 0. The lowest BCUT2D eigenvalue weighted by Gasteiger charge is -2.31. The summed E-state index contributed by atoms with van der Waals surface area (Å²) in [6.45, 7) is 0.706. The molecular formula is C16H22ClNO2S. The summed E-state index contributed by atoms with van der Waals surface area (Å²) in [7, 11) is -3.20. The first-order valence-corrected chi connectivity index (χ1v) is 9.88. The molecule has 1 saturated heterocycles. The lowest BCUT2D eigenvalue weighted by Crippen LogP contribution is -2.39. The number of rotatable bonds is 4. The second-order valence-electron chi connectivity index (χ2n) is 6.22. The van der Waals surface area contributed by atoms with Crippen molar-refractivity contribution in [3.05, 3.63) is 35.4 Å². The van der Waals surface area contributed by atoms with Gasteiger partial charge in [0.1, 0.15) is 0 Å². The monoisotopic (exact) mass is 327 g/mol. The first kappa shape index (κ1) is 15.3. The van der Waals surface area contributed by atoms with Gasteiger partial charge < -0.3 is 0 Å². The zero-order chi connectivity index (χ0) is 14.9. The molecule has 1 saturated carbocycles. The molecular weight excluding hydrogens is 306 g/mol. The van der Waals surface area contributed by atoms with Gasteiger partial charge >= 0.3 is 0 Å². The van der Waals surface area contributed by atoms with Crippen LogP contribution in [0.15, 0.2) is 24.3 Å². The molecule has 5 heteroatoms. The molecule has 2 atom stereocenters. The van der Waals surface area contributed by atoms with Crippen molar-refractivity contribution in [1.29, 1.82) is 0 Å². The fourth-order valence-corrected chi connectivity index (χ4v) is 5.76. The fourth-order valence-electron chi connectivity index (χ4n) is 3.73. The molecule has 0 amide bonds. The molecule has 2 fully saturated rings. The van der Waals surface area contributed by atoms with E-state index in [1.165, 1.54) is 12.8 Å². The van der Waals surface area contributed by atoms with E-state index in [1.807, 2.05) is 24.3 Å². The Hall–Kier alpha value is -0.580. The summed E-state index contributed by atoms with van der Waals surface area (Å²) in [6, 6.07) is 7.83. The van der Waals surface area contributed by atoms with Crippen LogP contribution in [0.2, 0.25) is 0 Å². The number of hydrogen-bond acceptors (Lipinski definition) is 2. The summed E-state index contributed by atoms with van der Waals surface area (Å²) >= 11 is 5.77. The van der Waals surface area contributed by atoms with Crippen molar-refractivity contribution >= 4 is 21.6 Å². The van der Waals surface area contributed by atoms with Crippen molar-refractivity contribution in [2.75, 3.05) is 6.54 Å². The molecule has 1 aliphatic heterocycles. The van der Waals surface area contributed by atoms with Crippen molar-refractivity contribution < 1.29 is 8.42 Å². The van der Waals surface area contributed by atoms with Crippen LogP contribution in [0.3, 0.4) is 0 Å². The third kappa shape index (κ3) is 3.27. The molecule has 3 nitrogen and oxygen atoms in total. The van der Waals surface area contributed by atoms with Crippen LogP contribution in [0.1, 0.15) is 43.2 Å². The van der Waals surface area contributed by atoms with Crippen LogP contribution in [0.5, 0.6) is 0 Å². The van der Waals surface area contributed by atoms with Gasteiger partial charge in [-0.3, -0.25) is 0 Å². The number of hydrogen-bond donors (Lipinski definition) is 0. The zero-order valence-electron chi connectivity index (χ0n) is 12.2. The number of alkyl halides is 1. The van der Waals surface area contributed by atoms with E-state index < -0.39 is 10.0 Å². The van der Waals surface area contributed by atoms with E-state index in [0.717, 1.165) is 30.4 Å². The number of sulfonamides is 1. The lowest BCUT2D eigenvalue weighted by atomic mass is 9.86. The van der Waals surface area contributed by atoms with Crippen LogP contribution in [-0.4, -0.2) is 25.3 Å². The highest BCUT2D eigenvalue weighted by atomic mass is 35.5. The number of halogens is 1. The summed E-state index contributed by atoms with van der Waals surface area (Å²) in [5.74, 6) is 1.16. The second kappa shape index (κ2) is 6.27. The molecule has 1 aliphatic carbocycles. The minimum atomic E-state index is -3.20. The van der Waals surface area contributed by atoms with E-state index in [2.05, 4.69) is 0 Å². The maximum atomic E-state index is 12.7. The molecule has 1 heterocycles. The minimum absolute atomic E-state index is 0.110. The Balaban J connectivity index is 1.74. The SMILES string of the molecule is O=S(=O)(Cc1ccc(CCl)cc1)N1CCC2CCCCC21. The van der Waals surface area contributed by atoms with E-state index >= 15 is 0 Å². The highest BCUT2D eigenvalue weighted by Gasteiger charge is 2.41. The molecule has 0 aromatic heterocycles. The van der Waals surface area contributed by atoms with Crippen LogP contribution >= 0.6 is 11.6 Å². The van der Waals surface area contributed by atoms with Gasteiger partial charge in [0.15, 0.2) is 0 Å². The van der Waals surface area contributed by atoms with Crippen molar-refractivity contribution in [3.63, 3.8) is 0 Å². The first-order valence-electron chi connectivity index (χ1n) is 7.73. The van der Waals surface area contributed by atoms with Gasteiger partial charge in [0, 0.05) is 18.5 Å². The molecule has 1 aromatic rings. The molecule has 2 unspecified atom stereocenters. The molecule has 21 heavy (non-hydrogen) atoms. The Morgan fingerprint density at radius 3 is 2.43 bits per heavy atom. The average Bonchev–Trinajstić information content (AvgIpc) is 2.92. The van der Waals surface area contributed by atoms with Gasteiger partial charge in [0.05, 0.1) is 5.75 Å². The highest BCUT2D eigenvalue weighted by molar-refractivity contribution is 7.88. The average molecular weight is 328 g/mol. The van der Waals surface area contributed by atoms with E-state index in [0.29, 0.717) is 18.3 Å². The smallest absolute Gasteiger partial charge is 0.212 e. The maximum absolute atomic E-state index is 12.7. The van der Waals surface area contributed by atoms with E-state index in [4.69, 9.17) is 11.6 Å². The Labute approximate surface area is 132 Å². The van der Waals surface area contributed by atoms with Gasteiger partial charge in [0.25, 0.3) is 0 Å². The molecule has 3 rings (SSSR count). The molecule has 0 spiro atoms. The number of benzene rings is 1.